The van der Waals surface area contributed by atoms with Gasteiger partial charge in [0.2, 0.25) is 0 Å². The first-order valence-corrected chi connectivity index (χ1v) is 10.4. The topological polar surface area (TPSA) is 52.0 Å². The number of para-hydroxylation sites is 1. The zero-order chi connectivity index (χ0) is 20.4. The van der Waals surface area contributed by atoms with Gasteiger partial charge in [0.1, 0.15) is 5.65 Å². The highest BCUT2D eigenvalue weighted by Crippen LogP contribution is 2.18. The van der Waals surface area contributed by atoms with E-state index < -0.39 is 0 Å². The SMILES string of the molecule is Cc1ccc2c(=O)c(Cc3ccc(C(=O)CBr)cc3)cn(-c3ccccc3)c2n1. The fourth-order valence-corrected chi connectivity index (χ4v) is 3.69. The Morgan fingerprint density at radius 3 is 2.41 bits per heavy atom. The standard InChI is InChI=1S/C24H19BrN2O2/c1-16-7-12-21-23(29)19(13-17-8-10-18(11-9-17)22(28)14-25)15-27(24(21)26-16)20-5-3-2-4-6-20/h2-12,15H,13-14H2,1H3. The molecule has 0 aliphatic rings. The van der Waals surface area contributed by atoms with Crippen LogP contribution in [0.3, 0.4) is 0 Å². The number of rotatable bonds is 5. The first-order chi connectivity index (χ1) is 14.1. The second kappa shape index (κ2) is 8.13. The molecule has 0 radical (unpaired) electrons. The molecule has 0 N–H and O–H groups in total. The van der Waals surface area contributed by atoms with Crippen LogP contribution in [0.2, 0.25) is 0 Å². The Labute approximate surface area is 177 Å². The summed E-state index contributed by atoms with van der Waals surface area (Å²) in [7, 11) is 0. The van der Waals surface area contributed by atoms with Crippen LogP contribution in [0.1, 0.15) is 27.2 Å². The normalized spacial score (nSPS) is 11.0. The van der Waals surface area contributed by atoms with Crippen molar-refractivity contribution in [2.24, 2.45) is 0 Å². The van der Waals surface area contributed by atoms with Crippen molar-refractivity contribution < 1.29 is 4.79 Å². The van der Waals surface area contributed by atoms with Crippen molar-refractivity contribution in [1.29, 1.82) is 0 Å². The Morgan fingerprint density at radius 1 is 1.00 bits per heavy atom. The Kier molecular flexibility index (Phi) is 5.41. The van der Waals surface area contributed by atoms with E-state index in [-0.39, 0.29) is 11.2 Å². The molecule has 0 saturated heterocycles. The predicted octanol–water partition coefficient (Wildman–Crippen LogP) is 4.86. The molecule has 0 saturated carbocycles. The maximum atomic E-state index is 13.1. The van der Waals surface area contributed by atoms with Crippen molar-refractivity contribution in [2.45, 2.75) is 13.3 Å². The van der Waals surface area contributed by atoms with Crippen molar-refractivity contribution >= 4 is 32.7 Å². The minimum absolute atomic E-state index is 0.0136. The number of Topliss-reactive ketones (excluding diaryl/α,β-unsaturated/α-hetero) is 1. The van der Waals surface area contributed by atoms with Crippen molar-refractivity contribution in [2.75, 3.05) is 5.33 Å². The van der Waals surface area contributed by atoms with E-state index >= 15 is 0 Å². The highest BCUT2D eigenvalue weighted by Gasteiger charge is 2.13. The first-order valence-electron chi connectivity index (χ1n) is 9.32. The van der Waals surface area contributed by atoms with Crippen molar-refractivity contribution in [3.63, 3.8) is 0 Å². The Hall–Kier alpha value is -3.05. The highest BCUT2D eigenvalue weighted by atomic mass is 79.9. The number of nitrogens with zero attached hydrogens (tertiary/aromatic N) is 2. The van der Waals surface area contributed by atoms with E-state index in [9.17, 15) is 9.59 Å². The van der Waals surface area contributed by atoms with E-state index in [1.54, 1.807) is 12.1 Å². The van der Waals surface area contributed by atoms with Crippen LogP contribution in [0.4, 0.5) is 0 Å². The summed E-state index contributed by atoms with van der Waals surface area (Å²) < 4.78 is 1.97. The lowest BCUT2D eigenvalue weighted by Gasteiger charge is -2.13. The zero-order valence-electron chi connectivity index (χ0n) is 15.9. The summed E-state index contributed by atoms with van der Waals surface area (Å²) >= 11 is 3.19. The third kappa shape index (κ3) is 3.91. The molecule has 2 aromatic carbocycles. The van der Waals surface area contributed by atoms with Gasteiger partial charge < -0.3 is 4.57 Å². The second-order valence-corrected chi connectivity index (χ2v) is 7.50. The molecule has 0 fully saturated rings. The number of fused-ring (bicyclic) bond motifs is 1. The van der Waals surface area contributed by atoms with Gasteiger partial charge in [0.05, 0.1) is 10.7 Å². The monoisotopic (exact) mass is 446 g/mol. The molecule has 2 heterocycles. The predicted molar refractivity (Wildman–Crippen MR) is 119 cm³/mol. The molecule has 0 atom stereocenters. The summed E-state index contributed by atoms with van der Waals surface area (Å²) in [6.45, 7) is 1.92. The van der Waals surface area contributed by atoms with E-state index in [4.69, 9.17) is 0 Å². The maximum Gasteiger partial charge on any atom is 0.194 e. The summed E-state index contributed by atoms with van der Waals surface area (Å²) in [6, 6.07) is 21.0. The number of aryl methyl sites for hydroxylation is 1. The summed E-state index contributed by atoms with van der Waals surface area (Å²) in [5.74, 6) is 0.0372. The number of alkyl halides is 1. The van der Waals surface area contributed by atoms with Crippen molar-refractivity contribution in [1.82, 2.24) is 9.55 Å². The zero-order valence-corrected chi connectivity index (χ0v) is 17.5. The number of carbonyl (C=O) groups is 1. The summed E-state index contributed by atoms with van der Waals surface area (Å²) in [4.78, 5) is 29.6. The molecule has 0 unspecified atom stereocenters. The average molecular weight is 447 g/mol. The number of hydrogen-bond donors (Lipinski definition) is 0. The van der Waals surface area contributed by atoms with E-state index in [2.05, 4.69) is 20.9 Å². The molecule has 0 spiro atoms. The molecule has 0 bridgehead atoms. The molecule has 29 heavy (non-hydrogen) atoms. The van der Waals surface area contributed by atoms with Gasteiger partial charge >= 0.3 is 0 Å². The van der Waals surface area contributed by atoms with Crippen molar-refractivity contribution in [3.8, 4) is 5.69 Å². The summed E-state index contributed by atoms with van der Waals surface area (Å²) in [5, 5.41) is 0.897. The fraction of sp³-hybridized carbons (Fsp3) is 0.125. The molecule has 0 aliphatic heterocycles. The molecular weight excluding hydrogens is 428 g/mol. The van der Waals surface area contributed by atoms with Crippen LogP contribution >= 0.6 is 15.9 Å². The maximum absolute atomic E-state index is 13.1. The average Bonchev–Trinajstić information content (AvgIpc) is 2.76. The Balaban J connectivity index is 1.83. The largest absolute Gasteiger partial charge is 0.301 e. The van der Waals surface area contributed by atoms with Gasteiger partial charge in [0.15, 0.2) is 11.2 Å². The molecule has 2 aromatic heterocycles. The second-order valence-electron chi connectivity index (χ2n) is 6.94. The van der Waals surface area contributed by atoms with Crippen LogP contribution in [-0.2, 0) is 6.42 Å². The van der Waals surface area contributed by atoms with Gasteiger partial charge in [-0.3, -0.25) is 9.59 Å². The number of ketones is 1. The molecule has 5 heteroatoms. The molecule has 4 nitrogen and oxygen atoms in total. The van der Waals surface area contributed by atoms with Gasteiger partial charge in [-0.15, -0.1) is 0 Å². The van der Waals surface area contributed by atoms with E-state index in [0.29, 0.717) is 33.9 Å². The van der Waals surface area contributed by atoms with Gasteiger partial charge in [0.25, 0.3) is 0 Å². The lowest BCUT2D eigenvalue weighted by atomic mass is 10.0. The van der Waals surface area contributed by atoms with Crippen molar-refractivity contribution in [3.05, 3.63) is 106 Å². The molecule has 0 amide bonds. The fourth-order valence-electron chi connectivity index (χ4n) is 3.37. The quantitative estimate of drug-likeness (QED) is 0.324. The summed E-state index contributed by atoms with van der Waals surface area (Å²) in [6.07, 6.45) is 2.36. The number of aromatic nitrogens is 2. The first kappa shape index (κ1) is 19.3. The molecule has 4 rings (SSSR count). The number of hydrogen-bond acceptors (Lipinski definition) is 3. The lowest BCUT2D eigenvalue weighted by Crippen LogP contribution is -2.16. The Bertz CT molecular complexity index is 1250. The van der Waals surface area contributed by atoms with E-state index in [1.807, 2.05) is 72.3 Å². The third-order valence-corrected chi connectivity index (χ3v) is 5.40. The molecule has 144 valence electrons. The van der Waals surface area contributed by atoms with Gasteiger partial charge in [-0.25, -0.2) is 4.98 Å². The smallest absolute Gasteiger partial charge is 0.194 e. The molecule has 4 aromatic rings. The highest BCUT2D eigenvalue weighted by molar-refractivity contribution is 9.09. The number of pyridine rings is 2. The number of carbonyl (C=O) groups excluding carboxylic acids is 1. The Morgan fingerprint density at radius 2 is 1.72 bits per heavy atom. The minimum atomic E-state index is -0.0136. The van der Waals surface area contributed by atoms with Crippen LogP contribution in [-0.4, -0.2) is 20.7 Å². The van der Waals surface area contributed by atoms with E-state index in [1.165, 1.54) is 0 Å². The minimum Gasteiger partial charge on any atom is -0.301 e. The van der Waals surface area contributed by atoms with Gasteiger partial charge in [-0.2, -0.15) is 0 Å². The van der Waals surface area contributed by atoms with Crippen LogP contribution in [0.5, 0.6) is 0 Å². The summed E-state index contributed by atoms with van der Waals surface area (Å²) in [5.41, 5.74) is 4.78. The lowest BCUT2D eigenvalue weighted by molar-refractivity contribution is 0.102. The van der Waals surface area contributed by atoms with Gasteiger partial charge in [0, 0.05) is 35.1 Å². The van der Waals surface area contributed by atoms with Gasteiger partial charge in [-0.1, -0.05) is 58.4 Å². The van der Waals surface area contributed by atoms with Crippen LogP contribution in [0.15, 0.2) is 77.7 Å². The van der Waals surface area contributed by atoms with E-state index in [0.717, 1.165) is 16.9 Å². The number of halogens is 1. The van der Waals surface area contributed by atoms with Crippen LogP contribution in [0, 0.1) is 6.92 Å². The van der Waals surface area contributed by atoms with Gasteiger partial charge in [-0.05, 0) is 36.8 Å². The molecular formula is C24H19BrN2O2. The van der Waals surface area contributed by atoms with Crippen LogP contribution in [0.25, 0.3) is 16.7 Å². The number of benzene rings is 2. The van der Waals surface area contributed by atoms with Crippen LogP contribution < -0.4 is 5.43 Å². The molecule has 0 aliphatic carbocycles. The third-order valence-electron chi connectivity index (χ3n) is 4.89.